The summed E-state index contributed by atoms with van der Waals surface area (Å²) in [5.74, 6) is -0.543. The maximum Gasteiger partial charge on any atom is 0.347 e. The van der Waals surface area contributed by atoms with Crippen molar-refractivity contribution >= 4 is 23.3 Å². The highest BCUT2D eigenvalue weighted by Crippen LogP contribution is 2.41. The zero-order chi connectivity index (χ0) is 22.1. The van der Waals surface area contributed by atoms with Crippen LogP contribution in [0.1, 0.15) is 29.5 Å². The van der Waals surface area contributed by atoms with Gasteiger partial charge in [0.2, 0.25) is 6.61 Å². The minimum atomic E-state index is -0.621. The first-order valence-electron chi connectivity index (χ1n) is 10.8. The molecular weight excluding hydrogens is 404 g/mol. The van der Waals surface area contributed by atoms with Crippen molar-refractivity contribution in [3.63, 3.8) is 0 Å². The van der Waals surface area contributed by atoms with Crippen LogP contribution in [0.4, 0.5) is 5.69 Å². The van der Waals surface area contributed by atoms with Gasteiger partial charge in [-0.05, 0) is 30.5 Å². The molecule has 0 fully saturated rings. The van der Waals surface area contributed by atoms with Crippen molar-refractivity contribution in [2.75, 3.05) is 18.1 Å². The molecule has 1 heterocycles. The van der Waals surface area contributed by atoms with Crippen molar-refractivity contribution in [2.45, 2.75) is 25.3 Å². The predicted octanol–water partition coefficient (Wildman–Crippen LogP) is 3.77. The number of benzene rings is 2. The zero-order valence-corrected chi connectivity index (χ0v) is 17.8. The molecule has 2 aromatic carbocycles. The Morgan fingerprint density at radius 1 is 1.00 bits per heavy atom. The number of carbonyl (C=O) groups is 2. The molecule has 0 spiro atoms. The van der Waals surface area contributed by atoms with Crippen LogP contribution >= 0.6 is 0 Å². The molecule has 6 heteroatoms. The van der Waals surface area contributed by atoms with Crippen LogP contribution in [0.15, 0.2) is 78.0 Å². The second-order valence-electron chi connectivity index (χ2n) is 8.26. The van der Waals surface area contributed by atoms with E-state index in [1.807, 2.05) is 61.5 Å². The number of hydrogen-bond acceptors (Lipinski definition) is 5. The summed E-state index contributed by atoms with van der Waals surface area (Å²) < 4.78 is 5.17. The van der Waals surface area contributed by atoms with Gasteiger partial charge in [0.25, 0.3) is 5.91 Å². The van der Waals surface area contributed by atoms with E-state index in [0.717, 1.165) is 28.9 Å². The van der Waals surface area contributed by atoms with Crippen molar-refractivity contribution in [1.29, 1.82) is 0 Å². The lowest BCUT2D eigenvalue weighted by Gasteiger charge is -2.22. The number of allylic oxidation sites excluding steroid dienone is 4. The number of rotatable bonds is 5. The van der Waals surface area contributed by atoms with Crippen LogP contribution < -0.4 is 4.90 Å². The normalized spacial score (nSPS) is 23.6. The van der Waals surface area contributed by atoms with E-state index in [2.05, 4.69) is 23.4 Å². The van der Waals surface area contributed by atoms with Gasteiger partial charge < -0.3 is 14.5 Å². The van der Waals surface area contributed by atoms with E-state index < -0.39 is 5.97 Å². The van der Waals surface area contributed by atoms with Gasteiger partial charge in [-0.15, -0.1) is 0 Å². The summed E-state index contributed by atoms with van der Waals surface area (Å²) in [6.07, 6.45) is 9.09. The lowest BCUT2D eigenvalue weighted by molar-refractivity contribution is -0.152. The van der Waals surface area contributed by atoms with E-state index in [9.17, 15) is 9.59 Å². The molecule has 1 aliphatic heterocycles. The zero-order valence-electron chi connectivity index (χ0n) is 17.8. The Morgan fingerprint density at radius 2 is 1.75 bits per heavy atom. The molecule has 0 N–H and O–H groups in total. The fourth-order valence-corrected chi connectivity index (χ4v) is 4.83. The molecule has 0 saturated heterocycles. The second kappa shape index (κ2) is 8.46. The molecule has 2 aromatic rings. The number of nitrogens with zero attached hydrogens (tertiary/aromatic N) is 2. The highest BCUT2D eigenvalue weighted by atomic mass is 16.7. The molecule has 3 aliphatic rings. The lowest BCUT2D eigenvalue weighted by Crippen LogP contribution is -2.39. The van der Waals surface area contributed by atoms with Crippen LogP contribution in [0.25, 0.3) is 0 Å². The fourth-order valence-electron chi connectivity index (χ4n) is 4.83. The third-order valence-electron chi connectivity index (χ3n) is 6.22. The predicted molar refractivity (Wildman–Crippen MR) is 121 cm³/mol. The van der Waals surface area contributed by atoms with Crippen molar-refractivity contribution in [2.24, 2.45) is 11.1 Å². The SMILES string of the molecule is CC1Cc2ccccc2N1C(=O)COC(=O)CO/N=C1/c2ccccc2C2C=CC=CC12. The van der Waals surface area contributed by atoms with Crippen LogP contribution in [0, 0.1) is 5.92 Å². The summed E-state index contributed by atoms with van der Waals surface area (Å²) in [6.45, 7) is 1.32. The number of fused-ring (bicyclic) bond motifs is 4. The Labute approximate surface area is 186 Å². The van der Waals surface area contributed by atoms with Gasteiger partial charge in [0.1, 0.15) is 0 Å². The van der Waals surface area contributed by atoms with Crippen LogP contribution in [-0.4, -0.2) is 36.8 Å². The number of carbonyl (C=O) groups excluding carboxylic acids is 2. The molecule has 1 amide bonds. The average molecular weight is 428 g/mol. The molecule has 0 bridgehead atoms. The first kappa shape index (κ1) is 20.2. The molecule has 32 heavy (non-hydrogen) atoms. The molecule has 2 aliphatic carbocycles. The highest BCUT2D eigenvalue weighted by molar-refractivity contribution is 6.08. The minimum absolute atomic E-state index is 0.0363. The summed E-state index contributed by atoms with van der Waals surface area (Å²) in [6, 6.07) is 15.9. The van der Waals surface area contributed by atoms with E-state index in [0.29, 0.717) is 0 Å². The van der Waals surface area contributed by atoms with Crippen molar-refractivity contribution in [3.05, 3.63) is 89.5 Å². The van der Waals surface area contributed by atoms with E-state index in [4.69, 9.17) is 9.57 Å². The Balaban J connectivity index is 1.18. The Bertz CT molecular complexity index is 1150. The van der Waals surface area contributed by atoms with Crippen LogP contribution in [0.3, 0.4) is 0 Å². The fraction of sp³-hybridized carbons (Fsp3) is 0.269. The van der Waals surface area contributed by atoms with Gasteiger partial charge >= 0.3 is 5.97 Å². The molecule has 3 atom stereocenters. The van der Waals surface area contributed by atoms with Gasteiger partial charge in [-0.3, -0.25) is 4.79 Å². The van der Waals surface area contributed by atoms with E-state index in [-0.39, 0.29) is 37.0 Å². The van der Waals surface area contributed by atoms with Gasteiger partial charge in [0.15, 0.2) is 6.61 Å². The molecular formula is C26H24N2O4. The number of esters is 1. The average Bonchev–Trinajstić information content (AvgIpc) is 3.32. The molecule has 162 valence electrons. The minimum Gasteiger partial charge on any atom is -0.453 e. The third-order valence-corrected chi connectivity index (χ3v) is 6.22. The number of amides is 1. The summed E-state index contributed by atoms with van der Waals surface area (Å²) >= 11 is 0. The van der Waals surface area contributed by atoms with Gasteiger partial charge in [-0.2, -0.15) is 0 Å². The van der Waals surface area contributed by atoms with E-state index in [1.165, 1.54) is 5.56 Å². The number of anilines is 1. The van der Waals surface area contributed by atoms with Gasteiger partial charge in [0.05, 0.1) is 5.71 Å². The maximum atomic E-state index is 12.7. The van der Waals surface area contributed by atoms with Crippen LogP contribution in [0.2, 0.25) is 0 Å². The monoisotopic (exact) mass is 428 g/mol. The Hall–Kier alpha value is -3.67. The highest BCUT2D eigenvalue weighted by Gasteiger charge is 2.36. The lowest BCUT2D eigenvalue weighted by atomic mass is 9.88. The molecule has 0 aromatic heterocycles. The van der Waals surface area contributed by atoms with Crippen molar-refractivity contribution in [1.82, 2.24) is 0 Å². The molecule has 0 radical (unpaired) electrons. The smallest absolute Gasteiger partial charge is 0.347 e. The molecule has 5 rings (SSSR count). The van der Waals surface area contributed by atoms with E-state index in [1.54, 1.807) is 4.90 Å². The standard InChI is InChI=1S/C26H24N2O4/c1-17-14-18-8-2-7-13-23(18)28(17)24(29)15-31-25(30)16-32-27-26-21-11-5-3-9-19(21)20-10-4-6-12-22(20)26/h2-13,17,19,21H,14-16H2,1H3/b27-26+. The topological polar surface area (TPSA) is 68.2 Å². The molecule has 6 nitrogen and oxygen atoms in total. The van der Waals surface area contributed by atoms with Crippen LogP contribution in [-0.2, 0) is 25.6 Å². The number of hydrogen-bond donors (Lipinski definition) is 0. The third kappa shape index (κ3) is 3.62. The van der Waals surface area contributed by atoms with Gasteiger partial charge in [-0.1, -0.05) is 71.9 Å². The van der Waals surface area contributed by atoms with Gasteiger partial charge in [0, 0.05) is 29.1 Å². The summed E-state index contributed by atoms with van der Waals surface area (Å²) in [7, 11) is 0. The number of para-hydroxylation sites is 1. The number of oxime groups is 1. The molecule has 3 unspecified atom stereocenters. The maximum absolute atomic E-state index is 12.7. The van der Waals surface area contributed by atoms with Crippen molar-refractivity contribution < 1.29 is 19.2 Å². The number of ether oxygens (including phenoxy) is 1. The molecule has 0 saturated carbocycles. The summed E-state index contributed by atoms with van der Waals surface area (Å²) in [4.78, 5) is 31.9. The van der Waals surface area contributed by atoms with Crippen molar-refractivity contribution in [3.8, 4) is 0 Å². The van der Waals surface area contributed by atoms with Gasteiger partial charge in [-0.25, -0.2) is 4.79 Å². The Kier molecular flexibility index (Phi) is 5.35. The quantitative estimate of drug-likeness (QED) is 0.537. The summed E-state index contributed by atoms with van der Waals surface area (Å²) in [5, 5.41) is 4.27. The second-order valence-corrected chi connectivity index (χ2v) is 8.26. The van der Waals surface area contributed by atoms with Crippen LogP contribution in [0.5, 0.6) is 0 Å². The van der Waals surface area contributed by atoms with E-state index >= 15 is 0 Å². The first-order valence-corrected chi connectivity index (χ1v) is 10.8. The largest absolute Gasteiger partial charge is 0.453 e. The first-order chi connectivity index (χ1) is 15.6. The Morgan fingerprint density at radius 3 is 2.62 bits per heavy atom. The summed E-state index contributed by atoms with van der Waals surface area (Å²) in [5.41, 5.74) is 5.04.